The van der Waals surface area contributed by atoms with Crippen LogP contribution in [0, 0.1) is 0 Å². The molecule has 0 unspecified atom stereocenters. The fourth-order valence-corrected chi connectivity index (χ4v) is 3.44. The van der Waals surface area contributed by atoms with Gasteiger partial charge in [0, 0.05) is 17.8 Å². The molecule has 0 aromatic heterocycles. The largest absolute Gasteiger partial charge is 0.351 e. The highest BCUT2D eigenvalue weighted by Gasteiger charge is 2.15. The van der Waals surface area contributed by atoms with Crippen molar-refractivity contribution in [3.8, 4) is 0 Å². The molecule has 3 nitrogen and oxygen atoms in total. The monoisotopic (exact) mass is 334 g/mol. The van der Waals surface area contributed by atoms with Gasteiger partial charge in [0.1, 0.15) is 0 Å². The first-order chi connectivity index (χ1) is 10.9. The maximum atomic E-state index is 12.0. The zero-order chi connectivity index (χ0) is 16.7. The third-order valence-corrected chi connectivity index (χ3v) is 5.35. The third kappa shape index (κ3) is 6.96. The van der Waals surface area contributed by atoms with Crippen LogP contribution in [-0.4, -0.2) is 34.4 Å². The van der Waals surface area contributed by atoms with Gasteiger partial charge in [0.15, 0.2) is 0 Å². The van der Waals surface area contributed by atoms with Crippen LogP contribution in [0.15, 0.2) is 24.3 Å². The second-order valence-corrected chi connectivity index (χ2v) is 9.09. The summed E-state index contributed by atoms with van der Waals surface area (Å²) in [5.41, 5.74) is 2.59. The summed E-state index contributed by atoms with van der Waals surface area (Å²) in [6, 6.07) is 8.49. The molecule has 0 spiro atoms. The number of hydrogen-bond acceptors (Lipinski definition) is 3. The molecule has 0 radical (unpaired) electrons. The van der Waals surface area contributed by atoms with Gasteiger partial charge in [0.05, 0.1) is 5.75 Å². The molecule has 1 aromatic rings. The van der Waals surface area contributed by atoms with Crippen LogP contribution in [0.25, 0.3) is 0 Å². The molecule has 23 heavy (non-hydrogen) atoms. The molecule has 1 aliphatic heterocycles. The van der Waals surface area contributed by atoms with Crippen LogP contribution in [0.1, 0.15) is 51.2 Å². The fraction of sp³-hybridized carbons (Fsp3) is 0.632. The number of hydrogen-bond donors (Lipinski definition) is 1. The van der Waals surface area contributed by atoms with E-state index in [1.54, 1.807) is 11.8 Å². The van der Waals surface area contributed by atoms with Crippen LogP contribution in [0.4, 0.5) is 0 Å². The Kier molecular flexibility index (Phi) is 6.97. The molecule has 0 atom stereocenters. The molecular formula is C19H30N2OS. The van der Waals surface area contributed by atoms with Crippen LogP contribution in [0.3, 0.4) is 0 Å². The van der Waals surface area contributed by atoms with Crippen LogP contribution in [0.2, 0.25) is 0 Å². The van der Waals surface area contributed by atoms with Gasteiger partial charge in [-0.1, -0.05) is 51.5 Å². The lowest BCUT2D eigenvalue weighted by atomic mass is 10.0. The number of benzene rings is 1. The van der Waals surface area contributed by atoms with Crippen molar-refractivity contribution in [2.75, 3.05) is 18.8 Å². The third-order valence-electron chi connectivity index (χ3n) is 4.07. The molecule has 1 aromatic carbocycles. The number of carbonyl (C=O) groups is 1. The standard InChI is InChI=1S/C19H30N2OS/c1-19(2,3)23-15-18(22)20-13-16-9-5-6-10-17(16)14-21-11-7-4-8-12-21/h5-6,9-10H,4,7-8,11-15H2,1-3H3,(H,20,22). The van der Waals surface area contributed by atoms with E-state index in [9.17, 15) is 4.79 Å². The van der Waals surface area contributed by atoms with Gasteiger partial charge in [-0.3, -0.25) is 9.69 Å². The lowest BCUT2D eigenvalue weighted by Gasteiger charge is -2.27. The van der Waals surface area contributed by atoms with E-state index in [2.05, 4.69) is 55.3 Å². The maximum absolute atomic E-state index is 12.0. The molecule has 1 N–H and O–H groups in total. The van der Waals surface area contributed by atoms with Gasteiger partial charge in [-0.15, -0.1) is 11.8 Å². The fourth-order valence-electron chi connectivity index (χ4n) is 2.77. The quantitative estimate of drug-likeness (QED) is 0.858. The first kappa shape index (κ1) is 18.3. The molecule has 0 bridgehead atoms. The number of nitrogens with one attached hydrogen (secondary N) is 1. The van der Waals surface area contributed by atoms with Crippen LogP contribution in [-0.2, 0) is 17.9 Å². The van der Waals surface area contributed by atoms with E-state index in [1.807, 2.05) is 0 Å². The number of likely N-dealkylation sites (tertiary alicyclic amines) is 1. The summed E-state index contributed by atoms with van der Waals surface area (Å²) in [5.74, 6) is 0.648. The van der Waals surface area contributed by atoms with Crippen LogP contribution < -0.4 is 5.32 Å². The molecule has 1 fully saturated rings. The Morgan fingerprint density at radius 1 is 1.13 bits per heavy atom. The second kappa shape index (κ2) is 8.74. The van der Waals surface area contributed by atoms with Gasteiger partial charge in [-0.2, -0.15) is 0 Å². The van der Waals surface area contributed by atoms with Crippen molar-refractivity contribution in [3.63, 3.8) is 0 Å². The van der Waals surface area contributed by atoms with Crippen molar-refractivity contribution < 1.29 is 4.79 Å². The summed E-state index contributed by atoms with van der Waals surface area (Å²) in [4.78, 5) is 14.5. The average Bonchev–Trinajstić information content (AvgIpc) is 2.52. The molecule has 1 saturated heterocycles. The van der Waals surface area contributed by atoms with E-state index in [0.29, 0.717) is 12.3 Å². The van der Waals surface area contributed by atoms with Crippen molar-refractivity contribution in [2.45, 2.75) is 57.9 Å². The molecule has 128 valence electrons. The first-order valence-electron chi connectivity index (χ1n) is 8.64. The van der Waals surface area contributed by atoms with Gasteiger partial charge in [0.25, 0.3) is 0 Å². The summed E-state index contributed by atoms with van der Waals surface area (Å²) < 4.78 is 0.128. The van der Waals surface area contributed by atoms with Gasteiger partial charge in [0.2, 0.25) is 5.91 Å². The zero-order valence-corrected chi connectivity index (χ0v) is 15.5. The summed E-state index contributed by atoms with van der Waals surface area (Å²) in [7, 11) is 0. The Hall–Kier alpha value is -1.00. The minimum absolute atomic E-state index is 0.123. The van der Waals surface area contributed by atoms with Crippen LogP contribution >= 0.6 is 11.8 Å². The first-order valence-corrected chi connectivity index (χ1v) is 9.62. The van der Waals surface area contributed by atoms with Crippen molar-refractivity contribution in [1.82, 2.24) is 10.2 Å². The number of rotatable bonds is 6. The number of piperidine rings is 1. The Bertz CT molecular complexity index is 504. The smallest absolute Gasteiger partial charge is 0.230 e. The highest BCUT2D eigenvalue weighted by atomic mass is 32.2. The molecule has 2 rings (SSSR count). The van der Waals surface area contributed by atoms with Gasteiger partial charge < -0.3 is 5.32 Å². The number of thioether (sulfide) groups is 1. The highest BCUT2D eigenvalue weighted by molar-refractivity contribution is 8.01. The minimum Gasteiger partial charge on any atom is -0.351 e. The molecule has 0 aliphatic carbocycles. The van der Waals surface area contributed by atoms with E-state index in [1.165, 1.54) is 43.5 Å². The Balaban J connectivity index is 1.86. The summed E-state index contributed by atoms with van der Waals surface area (Å²) in [5, 5.41) is 3.07. The lowest BCUT2D eigenvalue weighted by Crippen LogP contribution is -2.30. The van der Waals surface area contributed by atoms with Crippen molar-refractivity contribution in [1.29, 1.82) is 0 Å². The van der Waals surface area contributed by atoms with E-state index in [4.69, 9.17) is 0 Å². The molecule has 1 amide bonds. The SMILES string of the molecule is CC(C)(C)SCC(=O)NCc1ccccc1CN1CCCCC1. The number of carbonyl (C=O) groups excluding carboxylic acids is 1. The summed E-state index contributed by atoms with van der Waals surface area (Å²) in [6.45, 7) is 10.4. The van der Waals surface area contributed by atoms with Crippen molar-refractivity contribution >= 4 is 17.7 Å². The van der Waals surface area contributed by atoms with Gasteiger partial charge >= 0.3 is 0 Å². The Labute approximate surface area is 145 Å². The molecular weight excluding hydrogens is 304 g/mol. The van der Waals surface area contributed by atoms with Crippen molar-refractivity contribution in [3.05, 3.63) is 35.4 Å². The second-order valence-electron chi connectivity index (χ2n) is 7.28. The average molecular weight is 335 g/mol. The van der Waals surface area contributed by atoms with E-state index >= 15 is 0 Å². The van der Waals surface area contributed by atoms with E-state index < -0.39 is 0 Å². The van der Waals surface area contributed by atoms with E-state index in [-0.39, 0.29) is 10.7 Å². The van der Waals surface area contributed by atoms with Crippen molar-refractivity contribution in [2.24, 2.45) is 0 Å². The van der Waals surface area contributed by atoms with E-state index in [0.717, 1.165) is 6.54 Å². The predicted molar refractivity (Wildman–Crippen MR) is 99.6 cm³/mol. The lowest BCUT2D eigenvalue weighted by molar-refractivity contribution is -0.118. The molecule has 1 heterocycles. The summed E-state index contributed by atoms with van der Waals surface area (Å²) in [6.07, 6.45) is 3.98. The van der Waals surface area contributed by atoms with Crippen LogP contribution in [0.5, 0.6) is 0 Å². The molecule has 1 aliphatic rings. The van der Waals surface area contributed by atoms with Gasteiger partial charge in [-0.05, 0) is 37.1 Å². The van der Waals surface area contributed by atoms with Gasteiger partial charge in [-0.25, -0.2) is 0 Å². The summed E-state index contributed by atoms with van der Waals surface area (Å²) >= 11 is 1.69. The Morgan fingerprint density at radius 3 is 2.43 bits per heavy atom. The number of nitrogens with zero attached hydrogens (tertiary/aromatic N) is 1. The molecule has 4 heteroatoms. The Morgan fingerprint density at radius 2 is 1.78 bits per heavy atom. The number of amides is 1. The normalized spacial score (nSPS) is 16.3. The highest BCUT2D eigenvalue weighted by Crippen LogP contribution is 2.22. The topological polar surface area (TPSA) is 32.3 Å². The molecule has 0 saturated carbocycles. The maximum Gasteiger partial charge on any atom is 0.230 e. The minimum atomic E-state index is 0.123. The predicted octanol–water partition coefficient (Wildman–Crippen LogP) is 3.82. The zero-order valence-electron chi connectivity index (χ0n) is 14.7.